The van der Waals surface area contributed by atoms with Gasteiger partial charge in [-0.3, -0.25) is 0 Å². The van der Waals surface area contributed by atoms with Crippen LogP contribution in [-0.2, 0) is 7.05 Å². The van der Waals surface area contributed by atoms with Crippen molar-refractivity contribution in [1.29, 1.82) is 0 Å². The molecule has 3 heteroatoms. The van der Waals surface area contributed by atoms with Gasteiger partial charge in [0.1, 0.15) is 19.6 Å². The van der Waals surface area contributed by atoms with E-state index < -0.39 is 6.85 Å². The van der Waals surface area contributed by atoms with Gasteiger partial charge in [0.05, 0.1) is 12.1 Å². The summed E-state index contributed by atoms with van der Waals surface area (Å²) in [6.07, 6.45) is -0.0615. The largest absolute Gasteiger partial charge is 0.466 e. The highest BCUT2D eigenvalue weighted by Crippen LogP contribution is 2.41. The highest BCUT2D eigenvalue weighted by atomic mass is 16.3. The Bertz CT molecular complexity index is 1340. The van der Waals surface area contributed by atoms with Gasteiger partial charge in [-0.1, -0.05) is 24.3 Å². The van der Waals surface area contributed by atoms with Crippen LogP contribution in [0.1, 0.15) is 22.2 Å². The predicted molar refractivity (Wildman–Crippen MR) is 101 cm³/mol. The van der Waals surface area contributed by atoms with E-state index in [1.165, 1.54) is 6.07 Å². The van der Waals surface area contributed by atoms with Crippen molar-refractivity contribution >= 4 is 27.6 Å². The molecule has 0 saturated heterocycles. The van der Waals surface area contributed by atoms with E-state index in [0.29, 0.717) is 22.5 Å². The molecule has 0 unspecified atom stereocenters. The van der Waals surface area contributed by atoms with Crippen molar-refractivity contribution in [2.24, 2.45) is 7.05 Å². The molecule has 0 amide bonds. The number of aromatic nitrogens is 1. The number of rotatable bonds is 1. The molecule has 0 aliphatic heterocycles. The minimum atomic E-state index is -2.35. The summed E-state index contributed by atoms with van der Waals surface area (Å²) in [4.78, 5) is 3.58. The third-order valence-electron chi connectivity index (χ3n) is 4.58. The Balaban J connectivity index is 2.13. The number of hydrogen-bond acceptors (Lipinski definition) is 1. The van der Waals surface area contributed by atoms with Crippen molar-refractivity contribution in [3.8, 4) is 11.3 Å². The predicted octanol–water partition coefficient (Wildman–Crippen LogP) is 5.55. The van der Waals surface area contributed by atoms with Crippen LogP contribution in [0.3, 0.4) is 0 Å². The van der Waals surface area contributed by atoms with Crippen LogP contribution in [0, 0.1) is 27.3 Å². The van der Waals surface area contributed by atoms with Gasteiger partial charge in [-0.05, 0) is 37.9 Å². The van der Waals surface area contributed by atoms with Gasteiger partial charge in [0, 0.05) is 26.5 Å². The first-order valence-electron chi connectivity index (χ1n) is 9.98. The molecule has 2 aromatic heterocycles. The number of fused-ring (bicyclic) bond motifs is 3. The van der Waals surface area contributed by atoms with Crippen LogP contribution < -0.4 is 4.57 Å². The lowest BCUT2D eigenvalue weighted by atomic mass is 9.96. The summed E-state index contributed by atoms with van der Waals surface area (Å²) in [5, 5.41) is 1.80. The normalized spacial score (nSPS) is 14.0. The molecule has 0 aliphatic rings. The van der Waals surface area contributed by atoms with E-state index in [9.17, 15) is 0 Å². The molecule has 3 nitrogen and oxygen atoms in total. The van der Waals surface area contributed by atoms with Crippen LogP contribution in [0.25, 0.3) is 38.0 Å². The van der Waals surface area contributed by atoms with Crippen molar-refractivity contribution in [3.05, 3.63) is 70.7 Å². The second-order valence-corrected chi connectivity index (χ2v) is 6.26. The Morgan fingerprint density at radius 3 is 2.76 bits per heavy atom. The molecule has 0 saturated carbocycles. The second kappa shape index (κ2) is 5.46. The minimum absolute atomic E-state index is 0.00431. The van der Waals surface area contributed by atoms with Gasteiger partial charge in [-0.25, -0.2) is 9.41 Å². The maximum Gasteiger partial charge on any atom is 0.229 e. The lowest BCUT2D eigenvalue weighted by molar-refractivity contribution is -0.660. The highest BCUT2D eigenvalue weighted by molar-refractivity contribution is 6.14. The Morgan fingerprint density at radius 2 is 2.00 bits per heavy atom. The number of aryl methyl sites for hydroxylation is 3. The van der Waals surface area contributed by atoms with E-state index in [1.807, 2.05) is 26.0 Å². The van der Waals surface area contributed by atoms with Crippen LogP contribution in [0.5, 0.6) is 0 Å². The van der Waals surface area contributed by atoms with E-state index in [4.69, 9.17) is 16.5 Å². The molecule has 0 N–H and O–H groups in total. The molecule has 25 heavy (non-hydrogen) atoms. The minimum Gasteiger partial charge on any atom is -0.466 e. The van der Waals surface area contributed by atoms with Crippen LogP contribution in [0.4, 0.5) is 5.69 Å². The van der Waals surface area contributed by atoms with Gasteiger partial charge >= 0.3 is 0 Å². The lowest BCUT2D eigenvalue weighted by Gasteiger charge is -2.08. The topological polar surface area (TPSA) is 21.4 Å². The van der Waals surface area contributed by atoms with Gasteiger partial charge in [0.25, 0.3) is 0 Å². The molecule has 122 valence electrons. The zero-order valence-corrected chi connectivity index (χ0v) is 14.3. The molecule has 0 spiro atoms. The number of furan rings is 1. The SMILES string of the molecule is [2H]c1c(C([2H])([2H])[2H])ccc(-c2c(C)cc(C)c3c2oc2c([N+]#[C-])cccc23)[n+]1C. The maximum absolute atomic E-state index is 8.37. The Hall–Kier alpha value is -3.12. The molecular formula is C22H19N2O+. The molecular weight excluding hydrogens is 308 g/mol. The molecule has 0 aliphatic carbocycles. The van der Waals surface area contributed by atoms with Crippen molar-refractivity contribution < 1.29 is 14.5 Å². The molecule has 2 heterocycles. The first-order chi connectivity index (χ1) is 13.6. The zero-order chi connectivity index (χ0) is 21.1. The Labute approximate surface area is 152 Å². The van der Waals surface area contributed by atoms with Crippen LogP contribution in [0.15, 0.2) is 47.0 Å². The standard InChI is InChI=1S/C22H19N2O/c1-13-9-10-18(24(5)12-13)20-15(3)11-14(2)19-16-7-6-8-17(23-4)21(16)25-22(19)20/h6-12H,1-3,5H3/q+1/i1D3,12D. The number of para-hydroxylation sites is 1. The third kappa shape index (κ3) is 2.22. The maximum atomic E-state index is 8.37. The van der Waals surface area contributed by atoms with Crippen molar-refractivity contribution in [3.63, 3.8) is 0 Å². The van der Waals surface area contributed by atoms with Gasteiger partial charge in [-0.2, -0.15) is 0 Å². The molecule has 4 rings (SSSR count). The molecule has 0 radical (unpaired) electrons. The fourth-order valence-corrected chi connectivity index (χ4v) is 3.53. The quantitative estimate of drug-likeness (QED) is 0.331. The summed E-state index contributed by atoms with van der Waals surface area (Å²) in [5.74, 6) is 0. The summed E-state index contributed by atoms with van der Waals surface area (Å²) < 4.78 is 39.1. The third-order valence-corrected chi connectivity index (χ3v) is 4.58. The van der Waals surface area contributed by atoms with Crippen molar-refractivity contribution in [2.75, 3.05) is 0 Å². The summed E-state index contributed by atoms with van der Waals surface area (Å²) in [6, 6.07) is 10.8. The molecule has 0 fully saturated rings. The number of nitrogens with zero attached hydrogens (tertiary/aromatic N) is 2. The first kappa shape index (κ1) is 11.4. The molecule has 2 aromatic carbocycles. The fraction of sp³-hybridized carbons (Fsp3) is 0.182. The highest BCUT2D eigenvalue weighted by Gasteiger charge is 2.22. The van der Waals surface area contributed by atoms with Crippen molar-refractivity contribution in [2.45, 2.75) is 20.7 Å². The van der Waals surface area contributed by atoms with E-state index in [0.717, 1.165) is 27.5 Å². The summed E-state index contributed by atoms with van der Waals surface area (Å²) in [7, 11) is 1.69. The van der Waals surface area contributed by atoms with E-state index >= 15 is 0 Å². The summed E-state index contributed by atoms with van der Waals surface area (Å²) >= 11 is 0. The van der Waals surface area contributed by atoms with Crippen LogP contribution >= 0.6 is 0 Å². The van der Waals surface area contributed by atoms with Crippen LogP contribution in [0.2, 0.25) is 0 Å². The first-order valence-corrected chi connectivity index (χ1v) is 7.98. The van der Waals surface area contributed by atoms with Crippen LogP contribution in [-0.4, -0.2) is 0 Å². The van der Waals surface area contributed by atoms with E-state index in [2.05, 4.69) is 10.9 Å². The number of hydrogen-bond donors (Lipinski definition) is 0. The smallest absolute Gasteiger partial charge is 0.229 e. The van der Waals surface area contributed by atoms with Gasteiger partial charge in [0.15, 0.2) is 6.17 Å². The summed E-state index contributed by atoms with van der Waals surface area (Å²) in [5.41, 5.74) is 5.12. The lowest BCUT2D eigenvalue weighted by Crippen LogP contribution is -2.31. The number of pyridine rings is 1. The Kier molecular flexibility index (Phi) is 2.50. The molecule has 0 atom stereocenters. The fourth-order valence-electron chi connectivity index (χ4n) is 3.53. The van der Waals surface area contributed by atoms with Gasteiger partial charge in [-0.15, -0.1) is 0 Å². The average molecular weight is 331 g/mol. The van der Waals surface area contributed by atoms with E-state index in [-0.39, 0.29) is 11.7 Å². The average Bonchev–Trinajstić information content (AvgIpc) is 3.03. The van der Waals surface area contributed by atoms with Gasteiger partial charge < -0.3 is 4.42 Å². The van der Waals surface area contributed by atoms with E-state index in [1.54, 1.807) is 23.7 Å². The Morgan fingerprint density at radius 1 is 1.16 bits per heavy atom. The second-order valence-electron chi connectivity index (χ2n) is 6.26. The van der Waals surface area contributed by atoms with Gasteiger partial charge in [0.2, 0.25) is 11.4 Å². The molecule has 4 aromatic rings. The zero-order valence-electron chi connectivity index (χ0n) is 18.3. The monoisotopic (exact) mass is 331 g/mol. The summed E-state index contributed by atoms with van der Waals surface area (Å²) in [6.45, 7) is 9.06. The van der Waals surface area contributed by atoms with Crippen molar-refractivity contribution in [1.82, 2.24) is 0 Å². The molecule has 0 bridgehead atoms. The number of benzene rings is 2.